The molecule has 0 bridgehead atoms. The van der Waals surface area contributed by atoms with Crippen molar-refractivity contribution >= 4 is 11.6 Å². The van der Waals surface area contributed by atoms with Crippen LogP contribution < -0.4 is 5.32 Å². The van der Waals surface area contributed by atoms with Gasteiger partial charge in [-0.2, -0.15) is 0 Å². The third kappa shape index (κ3) is 2.87. The van der Waals surface area contributed by atoms with Crippen LogP contribution in [-0.4, -0.2) is 6.54 Å². The fourth-order valence-electron chi connectivity index (χ4n) is 1.55. The second-order valence-electron chi connectivity index (χ2n) is 3.67. The fraction of sp³-hybridized carbons (Fsp3) is 0.231. The topological polar surface area (TPSA) is 25.2 Å². The van der Waals surface area contributed by atoms with Crippen LogP contribution in [0.3, 0.4) is 0 Å². The number of rotatable bonds is 4. The molecule has 0 unspecified atom stereocenters. The first-order chi connectivity index (χ1) is 8.20. The van der Waals surface area contributed by atoms with Crippen molar-refractivity contribution in [3.05, 3.63) is 46.9 Å². The Hall–Kier alpha value is -1.32. The van der Waals surface area contributed by atoms with E-state index in [2.05, 4.69) is 5.32 Å². The molecule has 1 heterocycles. The van der Waals surface area contributed by atoms with Gasteiger partial charge in [-0.1, -0.05) is 18.5 Å². The van der Waals surface area contributed by atoms with E-state index in [0.717, 1.165) is 12.3 Å². The van der Waals surface area contributed by atoms with E-state index in [4.69, 9.17) is 16.0 Å². The second kappa shape index (κ2) is 5.34. The lowest BCUT2D eigenvalue weighted by molar-refractivity contribution is 0.495. The second-order valence-corrected chi connectivity index (χ2v) is 4.11. The molecule has 2 nitrogen and oxygen atoms in total. The highest BCUT2D eigenvalue weighted by Crippen LogP contribution is 2.27. The summed E-state index contributed by atoms with van der Waals surface area (Å²) >= 11 is 5.84. The summed E-state index contributed by atoms with van der Waals surface area (Å²) in [4.78, 5) is 0. The molecule has 0 aliphatic heterocycles. The molecule has 2 aromatic rings. The molecule has 0 saturated carbocycles. The summed E-state index contributed by atoms with van der Waals surface area (Å²) in [6, 6.07) is 8.00. The maximum atomic E-state index is 13.6. The zero-order valence-corrected chi connectivity index (χ0v) is 10.2. The van der Waals surface area contributed by atoms with E-state index in [9.17, 15) is 4.39 Å². The number of benzene rings is 1. The van der Waals surface area contributed by atoms with Crippen molar-refractivity contribution in [2.45, 2.75) is 13.5 Å². The summed E-state index contributed by atoms with van der Waals surface area (Å²) in [7, 11) is 0. The molecule has 0 spiro atoms. The summed E-state index contributed by atoms with van der Waals surface area (Å²) in [5, 5.41) is 3.63. The van der Waals surface area contributed by atoms with Crippen molar-refractivity contribution in [2.24, 2.45) is 0 Å². The van der Waals surface area contributed by atoms with Crippen LogP contribution in [0.25, 0.3) is 11.3 Å². The van der Waals surface area contributed by atoms with E-state index in [-0.39, 0.29) is 5.82 Å². The standard InChI is InChI=1S/C13H13ClFNO/c1-2-16-8-10-4-6-13(17-10)11-7-9(14)3-5-12(11)15/h3-7,16H,2,8H2,1H3. The van der Waals surface area contributed by atoms with Crippen LogP contribution in [0, 0.1) is 5.82 Å². The van der Waals surface area contributed by atoms with Gasteiger partial charge < -0.3 is 9.73 Å². The fourth-order valence-corrected chi connectivity index (χ4v) is 1.72. The molecule has 1 aromatic carbocycles. The molecule has 0 fully saturated rings. The third-order valence-corrected chi connectivity index (χ3v) is 2.64. The van der Waals surface area contributed by atoms with Crippen molar-refractivity contribution in [3.8, 4) is 11.3 Å². The third-order valence-electron chi connectivity index (χ3n) is 2.40. The Kier molecular flexibility index (Phi) is 3.82. The highest BCUT2D eigenvalue weighted by molar-refractivity contribution is 6.30. The minimum Gasteiger partial charge on any atom is -0.460 e. The lowest BCUT2D eigenvalue weighted by Crippen LogP contribution is -2.10. The van der Waals surface area contributed by atoms with E-state index in [1.54, 1.807) is 12.1 Å². The zero-order valence-electron chi connectivity index (χ0n) is 9.47. The first-order valence-corrected chi connectivity index (χ1v) is 5.83. The van der Waals surface area contributed by atoms with Gasteiger partial charge in [0.2, 0.25) is 0 Å². The molecular weight excluding hydrogens is 241 g/mol. The Morgan fingerprint density at radius 2 is 2.12 bits per heavy atom. The summed E-state index contributed by atoms with van der Waals surface area (Å²) in [6.07, 6.45) is 0. The average Bonchev–Trinajstić information content (AvgIpc) is 2.78. The quantitative estimate of drug-likeness (QED) is 0.895. The van der Waals surface area contributed by atoms with Gasteiger partial charge in [-0.15, -0.1) is 0 Å². The normalized spacial score (nSPS) is 10.8. The minimum atomic E-state index is -0.334. The molecular formula is C13H13ClFNO. The van der Waals surface area contributed by atoms with Crippen molar-refractivity contribution in [3.63, 3.8) is 0 Å². The molecule has 0 aliphatic rings. The van der Waals surface area contributed by atoms with Gasteiger partial charge in [-0.3, -0.25) is 0 Å². The van der Waals surface area contributed by atoms with Gasteiger partial charge >= 0.3 is 0 Å². The lowest BCUT2D eigenvalue weighted by atomic mass is 10.1. The number of furan rings is 1. The van der Waals surface area contributed by atoms with Crippen LogP contribution in [0.4, 0.5) is 4.39 Å². The van der Waals surface area contributed by atoms with E-state index >= 15 is 0 Å². The van der Waals surface area contributed by atoms with Gasteiger partial charge in [0.15, 0.2) is 0 Å². The highest BCUT2D eigenvalue weighted by atomic mass is 35.5. The smallest absolute Gasteiger partial charge is 0.137 e. The number of hydrogen-bond acceptors (Lipinski definition) is 2. The maximum absolute atomic E-state index is 13.6. The zero-order chi connectivity index (χ0) is 12.3. The van der Waals surface area contributed by atoms with Gasteiger partial charge in [-0.25, -0.2) is 4.39 Å². The lowest BCUT2D eigenvalue weighted by Gasteiger charge is -2.01. The monoisotopic (exact) mass is 253 g/mol. The molecule has 90 valence electrons. The van der Waals surface area contributed by atoms with Gasteiger partial charge in [-0.05, 0) is 36.9 Å². The Morgan fingerprint density at radius 1 is 1.29 bits per heavy atom. The van der Waals surface area contributed by atoms with Gasteiger partial charge in [0.05, 0.1) is 12.1 Å². The van der Waals surface area contributed by atoms with Crippen LogP contribution in [0.15, 0.2) is 34.7 Å². The largest absolute Gasteiger partial charge is 0.460 e. The predicted molar refractivity (Wildman–Crippen MR) is 66.5 cm³/mol. The summed E-state index contributed by atoms with van der Waals surface area (Å²) < 4.78 is 19.1. The highest BCUT2D eigenvalue weighted by Gasteiger charge is 2.10. The first kappa shape index (κ1) is 12.1. The molecule has 1 aromatic heterocycles. The first-order valence-electron chi connectivity index (χ1n) is 5.45. The predicted octanol–water partition coefficient (Wildman–Crippen LogP) is 3.85. The molecule has 0 aliphatic carbocycles. The van der Waals surface area contributed by atoms with Crippen LogP contribution >= 0.6 is 11.6 Å². The Labute approximate surface area is 104 Å². The molecule has 0 amide bonds. The van der Waals surface area contributed by atoms with E-state index in [0.29, 0.717) is 22.9 Å². The maximum Gasteiger partial charge on any atom is 0.137 e. The van der Waals surface area contributed by atoms with Crippen LogP contribution in [0.5, 0.6) is 0 Å². The van der Waals surface area contributed by atoms with Crippen LogP contribution in [0.1, 0.15) is 12.7 Å². The van der Waals surface area contributed by atoms with Gasteiger partial charge in [0.1, 0.15) is 17.3 Å². The number of halogens is 2. The summed E-state index contributed by atoms with van der Waals surface area (Å²) in [5.74, 6) is 0.942. The van der Waals surface area contributed by atoms with Crippen molar-refractivity contribution in [1.29, 1.82) is 0 Å². The summed E-state index contributed by atoms with van der Waals surface area (Å²) in [6.45, 7) is 3.51. The molecule has 0 atom stereocenters. The number of nitrogens with one attached hydrogen (secondary N) is 1. The SMILES string of the molecule is CCNCc1ccc(-c2cc(Cl)ccc2F)o1. The molecule has 4 heteroatoms. The van der Waals surface area contributed by atoms with E-state index in [1.165, 1.54) is 12.1 Å². The Bertz CT molecular complexity index is 510. The van der Waals surface area contributed by atoms with Gasteiger partial charge in [0, 0.05) is 5.02 Å². The molecule has 1 N–H and O–H groups in total. The molecule has 0 saturated heterocycles. The van der Waals surface area contributed by atoms with Crippen molar-refractivity contribution < 1.29 is 8.81 Å². The van der Waals surface area contributed by atoms with Crippen molar-refractivity contribution in [2.75, 3.05) is 6.54 Å². The Balaban J connectivity index is 2.27. The van der Waals surface area contributed by atoms with Gasteiger partial charge in [0.25, 0.3) is 0 Å². The average molecular weight is 254 g/mol. The number of hydrogen-bond donors (Lipinski definition) is 1. The minimum absolute atomic E-state index is 0.334. The van der Waals surface area contributed by atoms with Crippen molar-refractivity contribution in [1.82, 2.24) is 5.32 Å². The van der Waals surface area contributed by atoms with E-state index < -0.39 is 0 Å². The van der Waals surface area contributed by atoms with Crippen LogP contribution in [0.2, 0.25) is 5.02 Å². The van der Waals surface area contributed by atoms with Crippen LogP contribution in [-0.2, 0) is 6.54 Å². The molecule has 2 rings (SSSR count). The molecule has 0 radical (unpaired) electrons. The summed E-state index contributed by atoms with van der Waals surface area (Å²) in [5.41, 5.74) is 0.389. The Morgan fingerprint density at radius 3 is 2.88 bits per heavy atom. The molecule has 17 heavy (non-hydrogen) atoms. The van der Waals surface area contributed by atoms with E-state index in [1.807, 2.05) is 13.0 Å².